The number of nitrogens with zero attached hydrogens (tertiary/aromatic N) is 1. The smallest absolute Gasteiger partial charge is 0.273 e. The van der Waals surface area contributed by atoms with Crippen LogP contribution in [0.2, 0.25) is 0 Å². The third-order valence-corrected chi connectivity index (χ3v) is 2.24. The first kappa shape index (κ1) is 11.0. The molecule has 0 bridgehead atoms. The lowest BCUT2D eigenvalue weighted by atomic mass is 10.2. The molecule has 0 aliphatic carbocycles. The van der Waals surface area contributed by atoms with Crippen LogP contribution < -0.4 is 11.1 Å². The van der Waals surface area contributed by atoms with Gasteiger partial charge in [0.1, 0.15) is 17.3 Å². The van der Waals surface area contributed by atoms with Crippen molar-refractivity contribution in [3.8, 4) is 5.75 Å². The van der Waals surface area contributed by atoms with Gasteiger partial charge in [0.05, 0.1) is 5.69 Å². The number of carbonyl (C=O) groups is 1. The normalized spacial score (nSPS) is 10.2. The Balaban J connectivity index is 2.18. The number of carbonyl (C=O) groups excluding carboxylic acids is 1. The van der Waals surface area contributed by atoms with Gasteiger partial charge in [0.15, 0.2) is 0 Å². The molecule has 88 valence electrons. The van der Waals surface area contributed by atoms with Crippen LogP contribution in [0.1, 0.15) is 16.1 Å². The van der Waals surface area contributed by atoms with Crippen LogP contribution in [0.5, 0.6) is 5.75 Å². The average molecular weight is 232 g/mol. The van der Waals surface area contributed by atoms with E-state index in [0.29, 0.717) is 5.69 Å². The molecule has 1 heterocycles. The minimum absolute atomic E-state index is 0.0193. The monoisotopic (exact) mass is 232 g/mol. The van der Waals surface area contributed by atoms with Gasteiger partial charge in [-0.05, 0) is 24.6 Å². The lowest BCUT2D eigenvalue weighted by molar-refractivity contribution is 0.102. The Hall–Kier alpha value is -2.50. The molecule has 0 saturated heterocycles. The number of H-pyrrole nitrogens is 1. The molecule has 0 fully saturated rings. The number of rotatable bonds is 2. The number of hydrogen-bond acceptors (Lipinski definition) is 4. The Morgan fingerprint density at radius 2 is 2.24 bits per heavy atom. The van der Waals surface area contributed by atoms with E-state index in [-0.39, 0.29) is 17.3 Å². The summed E-state index contributed by atoms with van der Waals surface area (Å²) in [5.41, 5.74) is 6.88. The number of nitrogens with two attached hydrogens (primary N) is 1. The van der Waals surface area contributed by atoms with Crippen molar-refractivity contribution in [1.29, 1.82) is 0 Å². The lowest BCUT2D eigenvalue weighted by Gasteiger charge is -2.06. The molecule has 0 aliphatic rings. The van der Waals surface area contributed by atoms with Gasteiger partial charge in [-0.25, -0.2) is 0 Å². The van der Waals surface area contributed by atoms with Gasteiger partial charge in [0, 0.05) is 6.07 Å². The maximum Gasteiger partial charge on any atom is 0.273 e. The first-order chi connectivity index (χ1) is 8.06. The summed E-state index contributed by atoms with van der Waals surface area (Å²) in [5.74, 6) is -0.150. The summed E-state index contributed by atoms with van der Waals surface area (Å²) in [7, 11) is 0. The number of aryl methyl sites for hydroxylation is 1. The fourth-order valence-electron chi connectivity index (χ4n) is 1.39. The molecule has 17 heavy (non-hydrogen) atoms. The second-order valence-electron chi connectivity index (χ2n) is 3.68. The lowest BCUT2D eigenvalue weighted by Crippen LogP contribution is -2.12. The molecule has 0 saturated carbocycles. The maximum absolute atomic E-state index is 11.7. The Morgan fingerprint density at radius 1 is 1.47 bits per heavy atom. The number of amides is 1. The molecular weight excluding hydrogens is 220 g/mol. The molecule has 2 rings (SSSR count). The molecule has 1 aromatic heterocycles. The molecule has 6 heteroatoms. The van der Waals surface area contributed by atoms with Crippen molar-refractivity contribution >= 4 is 17.4 Å². The van der Waals surface area contributed by atoms with Gasteiger partial charge in [0.2, 0.25) is 0 Å². The summed E-state index contributed by atoms with van der Waals surface area (Å²) in [6.45, 7) is 1.85. The van der Waals surface area contributed by atoms with Crippen LogP contribution in [-0.2, 0) is 0 Å². The van der Waals surface area contributed by atoms with Gasteiger partial charge < -0.3 is 16.2 Å². The van der Waals surface area contributed by atoms with E-state index in [9.17, 15) is 9.90 Å². The summed E-state index contributed by atoms with van der Waals surface area (Å²) in [6.07, 6.45) is 0. The number of aromatic hydroxyl groups is 1. The third-order valence-electron chi connectivity index (χ3n) is 2.24. The van der Waals surface area contributed by atoms with Crippen LogP contribution in [0.4, 0.5) is 11.5 Å². The average Bonchev–Trinajstić information content (AvgIpc) is 2.69. The fraction of sp³-hybridized carbons (Fsp3) is 0.0909. The quantitative estimate of drug-likeness (QED) is 0.585. The first-order valence-electron chi connectivity index (χ1n) is 4.98. The molecule has 5 N–H and O–H groups in total. The van der Waals surface area contributed by atoms with E-state index in [1.807, 2.05) is 6.92 Å². The van der Waals surface area contributed by atoms with Gasteiger partial charge in [0.25, 0.3) is 5.91 Å². The molecule has 0 radical (unpaired) electrons. The van der Waals surface area contributed by atoms with Gasteiger partial charge in [-0.15, -0.1) is 0 Å². The predicted molar refractivity (Wildman–Crippen MR) is 63.8 cm³/mol. The van der Waals surface area contributed by atoms with E-state index in [4.69, 9.17) is 5.73 Å². The van der Waals surface area contributed by atoms with E-state index in [2.05, 4.69) is 15.5 Å². The van der Waals surface area contributed by atoms with Crippen molar-refractivity contribution in [2.24, 2.45) is 0 Å². The zero-order valence-corrected chi connectivity index (χ0v) is 9.19. The number of aromatic nitrogens is 2. The number of nitrogen functional groups attached to an aromatic ring is 1. The van der Waals surface area contributed by atoms with Crippen LogP contribution in [0.25, 0.3) is 0 Å². The van der Waals surface area contributed by atoms with Gasteiger partial charge in [-0.2, -0.15) is 5.10 Å². The van der Waals surface area contributed by atoms with Crippen LogP contribution in [0.3, 0.4) is 0 Å². The van der Waals surface area contributed by atoms with Gasteiger partial charge in [-0.1, -0.05) is 6.07 Å². The number of anilines is 2. The predicted octanol–water partition coefficient (Wildman–Crippen LogP) is 1.26. The van der Waals surface area contributed by atoms with Crippen LogP contribution in [0.15, 0.2) is 24.3 Å². The van der Waals surface area contributed by atoms with E-state index >= 15 is 0 Å². The van der Waals surface area contributed by atoms with Crippen LogP contribution >= 0.6 is 0 Å². The Kier molecular flexibility index (Phi) is 2.70. The minimum Gasteiger partial charge on any atom is -0.506 e. The highest BCUT2D eigenvalue weighted by atomic mass is 16.3. The van der Waals surface area contributed by atoms with Crippen LogP contribution in [-0.4, -0.2) is 21.2 Å². The SMILES string of the molecule is Cc1ccc(NC(=O)c2cc(N)n[nH]2)c(O)c1. The highest BCUT2D eigenvalue weighted by Gasteiger charge is 2.11. The highest BCUT2D eigenvalue weighted by Crippen LogP contribution is 2.24. The Labute approximate surface area is 97.5 Å². The molecule has 0 spiro atoms. The molecule has 1 amide bonds. The summed E-state index contributed by atoms with van der Waals surface area (Å²) in [4.78, 5) is 11.7. The standard InChI is InChI=1S/C11H12N4O2/c1-6-2-3-7(9(16)4-6)13-11(17)8-5-10(12)15-14-8/h2-5,16H,1H3,(H,13,17)(H3,12,14,15). The molecule has 0 atom stereocenters. The second-order valence-corrected chi connectivity index (χ2v) is 3.68. The summed E-state index contributed by atoms with van der Waals surface area (Å²) in [6, 6.07) is 6.40. The molecule has 0 aliphatic heterocycles. The van der Waals surface area contributed by atoms with E-state index in [1.54, 1.807) is 18.2 Å². The maximum atomic E-state index is 11.7. The number of aromatic amines is 1. The zero-order valence-electron chi connectivity index (χ0n) is 9.19. The van der Waals surface area contributed by atoms with E-state index in [0.717, 1.165) is 5.56 Å². The molecule has 1 aromatic carbocycles. The highest BCUT2D eigenvalue weighted by molar-refractivity contribution is 6.04. The number of benzene rings is 1. The second kappa shape index (κ2) is 4.17. The molecule has 0 unspecified atom stereocenters. The minimum atomic E-state index is -0.409. The van der Waals surface area contributed by atoms with Crippen molar-refractivity contribution in [2.75, 3.05) is 11.1 Å². The van der Waals surface area contributed by atoms with Gasteiger partial charge in [-0.3, -0.25) is 9.89 Å². The summed E-state index contributed by atoms with van der Waals surface area (Å²) in [5, 5.41) is 18.3. The third kappa shape index (κ3) is 2.36. The number of nitrogens with one attached hydrogen (secondary N) is 2. The van der Waals surface area contributed by atoms with Crippen molar-refractivity contribution in [2.45, 2.75) is 6.92 Å². The summed E-state index contributed by atoms with van der Waals surface area (Å²) >= 11 is 0. The van der Waals surface area contributed by atoms with Crippen LogP contribution in [0, 0.1) is 6.92 Å². The van der Waals surface area contributed by atoms with Crippen molar-refractivity contribution in [1.82, 2.24) is 10.2 Å². The topological polar surface area (TPSA) is 104 Å². The number of phenols is 1. The largest absolute Gasteiger partial charge is 0.506 e. The Bertz CT molecular complexity index is 562. The fourth-order valence-corrected chi connectivity index (χ4v) is 1.39. The zero-order chi connectivity index (χ0) is 12.4. The molecule has 2 aromatic rings. The summed E-state index contributed by atoms with van der Waals surface area (Å²) < 4.78 is 0. The Morgan fingerprint density at radius 3 is 2.82 bits per heavy atom. The molecular formula is C11H12N4O2. The molecule has 6 nitrogen and oxygen atoms in total. The number of phenolic OH excluding ortho intramolecular Hbond substituents is 1. The van der Waals surface area contributed by atoms with Crippen molar-refractivity contribution in [3.63, 3.8) is 0 Å². The first-order valence-corrected chi connectivity index (χ1v) is 4.98. The van der Waals surface area contributed by atoms with Crippen molar-refractivity contribution in [3.05, 3.63) is 35.5 Å². The van der Waals surface area contributed by atoms with E-state index in [1.165, 1.54) is 6.07 Å². The number of hydrogen-bond donors (Lipinski definition) is 4. The van der Waals surface area contributed by atoms with Crippen molar-refractivity contribution < 1.29 is 9.90 Å². The van der Waals surface area contributed by atoms with Gasteiger partial charge >= 0.3 is 0 Å². The van der Waals surface area contributed by atoms with E-state index < -0.39 is 5.91 Å².